The fourth-order valence-electron chi connectivity index (χ4n) is 3.26. The van der Waals surface area contributed by atoms with Gasteiger partial charge >= 0.3 is 0 Å². The average Bonchev–Trinajstić information content (AvgIpc) is 3.36. The van der Waals surface area contributed by atoms with Crippen molar-refractivity contribution in [3.63, 3.8) is 0 Å². The van der Waals surface area contributed by atoms with E-state index in [1.807, 2.05) is 11.8 Å². The van der Waals surface area contributed by atoms with Crippen LogP contribution in [0.3, 0.4) is 0 Å². The van der Waals surface area contributed by atoms with Crippen LogP contribution in [0.15, 0.2) is 23.8 Å². The summed E-state index contributed by atoms with van der Waals surface area (Å²) in [6.45, 7) is 5.85. The molecule has 1 N–H and O–H groups in total. The molecule has 4 heterocycles. The molecule has 4 rings (SSSR count). The molecule has 0 radical (unpaired) electrons. The number of rotatable bonds is 4. The molecule has 0 bridgehead atoms. The quantitative estimate of drug-likeness (QED) is 0.734. The smallest absolute Gasteiger partial charge is 0.264 e. The van der Waals surface area contributed by atoms with Crippen LogP contribution in [-0.4, -0.2) is 33.9 Å². The van der Waals surface area contributed by atoms with E-state index in [0.717, 1.165) is 52.4 Å². The molecule has 0 saturated carbocycles. The number of thiophene rings is 2. The number of hydrogen-bond donors (Lipinski definition) is 1. The van der Waals surface area contributed by atoms with Crippen LogP contribution in [0.1, 0.15) is 45.9 Å². The summed E-state index contributed by atoms with van der Waals surface area (Å²) in [4.78, 5) is 26.6. The number of amides is 1. The Morgan fingerprint density at radius 2 is 2.12 bits per heavy atom. The molecule has 1 saturated heterocycles. The molecule has 1 unspecified atom stereocenters. The largest absolute Gasteiger partial charge is 0.362 e. The van der Waals surface area contributed by atoms with Crippen molar-refractivity contribution in [1.29, 1.82) is 0 Å². The Hall–Kier alpha value is -1.99. The summed E-state index contributed by atoms with van der Waals surface area (Å²) in [7, 11) is 0. The highest BCUT2D eigenvalue weighted by Gasteiger charge is 2.25. The molecule has 5 nitrogen and oxygen atoms in total. The summed E-state index contributed by atoms with van der Waals surface area (Å²) in [6.07, 6.45) is 3.77. The van der Waals surface area contributed by atoms with E-state index in [2.05, 4.69) is 39.7 Å². The molecule has 3 aromatic heterocycles. The SMILES string of the molecule is Cc1c(C(=O)N2CCCC2)sc2ncnc(NC(C)c3cccs3)c12. The molecule has 25 heavy (non-hydrogen) atoms. The van der Waals surface area contributed by atoms with Crippen LogP contribution in [0.5, 0.6) is 0 Å². The topological polar surface area (TPSA) is 58.1 Å². The van der Waals surface area contributed by atoms with Gasteiger partial charge in [-0.25, -0.2) is 9.97 Å². The number of aryl methyl sites for hydroxylation is 1. The highest BCUT2D eigenvalue weighted by molar-refractivity contribution is 7.20. The number of carbonyl (C=O) groups is 1. The van der Waals surface area contributed by atoms with E-state index < -0.39 is 0 Å². The molecule has 0 aliphatic carbocycles. The first-order chi connectivity index (χ1) is 12.1. The van der Waals surface area contributed by atoms with Gasteiger partial charge in [-0.05, 0) is 43.7 Å². The first-order valence-corrected chi connectivity index (χ1v) is 10.2. The van der Waals surface area contributed by atoms with Crippen molar-refractivity contribution >= 4 is 44.6 Å². The van der Waals surface area contributed by atoms with Gasteiger partial charge in [-0.1, -0.05) is 6.07 Å². The molecule has 0 aromatic carbocycles. The Morgan fingerprint density at radius 1 is 1.32 bits per heavy atom. The highest BCUT2D eigenvalue weighted by Crippen LogP contribution is 2.36. The van der Waals surface area contributed by atoms with Crippen LogP contribution in [0.4, 0.5) is 5.82 Å². The van der Waals surface area contributed by atoms with E-state index in [-0.39, 0.29) is 11.9 Å². The zero-order valence-electron chi connectivity index (χ0n) is 14.3. The second-order valence-electron chi connectivity index (χ2n) is 6.34. The van der Waals surface area contributed by atoms with Gasteiger partial charge in [-0.15, -0.1) is 22.7 Å². The summed E-state index contributed by atoms with van der Waals surface area (Å²) in [5.74, 6) is 0.940. The van der Waals surface area contributed by atoms with Crippen LogP contribution in [-0.2, 0) is 0 Å². The summed E-state index contributed by atoms with van der Waals surface area (Å²) in [6, 6.07) is 4.33. The summed E-state index contributed by atoms with van der Waals surface area (Å²) in [5.41, 5.74) is 0.985. The van der Waals surface area contributed by atoms with Crippen molar-refractivity contribution in [3.8, 4) is 0 Å². The second kappa shape index (κ2) is 6.72. The third-order valence-corrected chi connectivity index (χ3v) is 6.88. The molecule has 0 spiro atoms. The standard InChI is InChI=1S/C18H20N4OS2/c1-11-14-16(21-12(2)13-6-5-9-24-13)19-10-20-17(14)25-15(11)18(23)22-7-3-4-8-22/h5-6,9-10,12H,3-4,7-8H2,1-2H3,(H,19,20,21). The first kappa shape index (κ1) is 16.5. The molecular formula is C18H20N4OS2. The molecule has 1 amide bonds. The number of hydrogen-bond acceptors (Lipinski definition) is 6. The Kier molecular flexibility index (Phi) is 4.43. The number of fused-ring (bicyclic) bond motifs is 1. The zero-order valence-corrected chi connectivity index (χ0v) is 15.9. The number of anilines is 1. The molecule has 130 valence electrons. The fraction of sp³-hybridized carbons (Fsp3) is 0.389. The fourth-order valence-corrected chi connectivity index (χ4v) is 5.11. The van der Waals surface area contributed by atoms with Gasteiger partial charge in [0.2, 0.25) is 0 Å². The number of nitrogens with zero attached hydrogens (tertiary/aromatic N) is 3. The van der Waals surface area contributed by atoms with Gasteiger partial charge in [0.1, 0.15) is 17.0 Å². The minimum atomic E-state index is 0.134. The molecule has 1 atom stereocenters. The van der Waals surface area contributed by atoms with E-state index in [1.165, 1.54) is 16.2 Å². The Bertz CT molecular complexity index is 897. The van der Waals surface area contributed by atoms with Gasteiger partial charge in [-0.3, -0.25) is 4.79 Å². The van der Waals surface area contributed by atoms with Crippen molar-refractivity contribution in [2.45, 2.75) is 32.7 Å². The Balaban J connectivity index is 1.70. The van der Waals surface area contributed by atoms with E-state index in [1.54, 1.807) is 17.7 Å². The van der Waals surface area contributed by atoms with Crippen LogP contribution in [0, 0.1) is 6.92 Å². The maximum atomic E-state index is 12.8. The normalized spacial score (nSPS) is 15.7. The maximum Gasteiger partial charge on any atom is 0.264 e. The number of aromatic nitrogens is 2. The lowest BCUT2D eigenvalue weighted by molar-refractivity contribution is 0.0797. The lowest BCUT2D eigenvalue weighted by atomic mass is 10.1. The lowest BCUT2D eigenvalue weighted by Crippen LogP contribution is -2.27. The summed E-state index contributed by atoms with van der Waals surface area (Å²) >= 11 is 3.20. The Labute approximate surface area is 154 Å². The number of nitrogens with one attached hydrogen (secondary N) is 1. The van der Waals surface area contributed by atoms with Crippen molar-refractivity contribution in [2.75, 3.05) is 18.4 Å². The molecule has 7 heteroatoms. The Morgan fingerprint density at radius 3 is 2.84 bits per heavy atom. The van der Waals surface area contributed by atoms with Gasteiger partial charge in [0.15, 0.2) is 0 Å². The van der Waals surface area contributed by atoms with Crippen molar-refractivity contribution < 1.29 is 4.79 Å². The van der Waals surface area contributed by atoms with Crippen LogP contribution >= 0.6 is 22.7 Å². The van der Waals surface area contributed by atoms with Gasteiger partial charge in [0.05, 0.1) is 16.3 Å². The van der Waals surface area contributed by atoms with Gasteiger partial charge in [0.25, 0.3) is 5.91 Å². The van der Waals surface area contributed by atoms with Crippen molar-refractivity contribution in [3.05, 3.63) is 39.2 Å². The van der Waals surface area contributed by atoms with E-state index >= 15 is 0 Å². The minimum Gasteiger partial charge on any atom is -0.362 e. The molecule has 3 aromatic rings. The third-order valence-electron chi connectivity index (χ3n) is 4.64. The van der Waals surface area contributed by atoms with Crippen molar-refractivity contribution in [1.82, 2.24) is 14.9 Å². The summed E-state index contributed by atoms with van der Waals surface area (Å²) < 4.78 is 0. The molecule has 1 fully saturated rings. The van der Waals surface area contributed by atoms with Crippen LogP contribution in [0.2, 0.25) is 0 Å². The first-order valence-electron chi connectivity index (χ1n) is 8.48. The summed E-state index contributed by atoms with van der Waals surface area (Å²) in [5, 5.41) is 6.54. The van der Waals surface area contributed by atoms with E-state index in [0.29, 0.717) is 0 Å². The molecular weight excluding hydrogens is 352 g/mol. The molecule has 1 aliphatic rings. The minimum absolute atomic E-state index is 0.134. The predicted octanol–water partition coefficient (Wildman–Crippen LogP) is 4.47. The van der Waals surface area contributed by atoms with Gasteiger partial charge in [-0.2, -0.15) is 0 Å². The maximum absolute atomic E-state index is 12.8. The number of likely N-dealkylation sites (tertiary alicyclic amines) is 1. The van der Waals surface area contributed by atoms with E-state index in [4.69, 9.17) is 0 Å². The monoisotopic (exact) mass is 372 g/mol. The molecule has 1 aliphatic heterocycles. The van der Waals surface area contributed by atoms with Crippen molar-refractivity contribution in [2.24, 2.45) is 0 Å². The number of carbonyl (C=O) groups excluding carboxylic acids is 1. The zero-order chi connectivity index (χ0) is 17.4. The van der Waals surface area contributed by atoms with Crippen LogP contribution < -0.4 is 5.32 Å². The van der Waals surface area contributed by atoms with Gasteiger partial charge in [0, 0.05) is 18.0 Å². The predicted molar refractivity (Wildman–Crippen MR) is 104 cm³/mol. The highest BCUT2D eigenvalue weighted by atomic mass is 32.1. The second-order valence-corrected chi connectivity index (χ2v) is 8.32. The van der Waals surface area contributed by atoms with Gasteiger partial charge < -0.3 is 10.2 Å². The third kappa shape index (κ3) is 3.02. The lowest BCUT2D eigenvalue weighted by Gasteiger charge is -2.15. The van der Waals surface area contributed by atoms with Crippen LogP contribution in [0.25, 0.3) is 10.2 Å². The van der Waals surface area contributed by atoms with E-state index in [9.17, 15) is 4.79 Å². The average molecular weight is 373 g/mol.